The summed E-state index contributed by atoms with van der Waals surface area (Å²) in [4.78, 5) is 4.45. The van der Waals surface area contributed by atoms with E-state index in [0.717, 1.165) is 24.2 Å². The zero-order valence-corrected chi connectivity index (χ0v) is 8.26. The van der Waals surface area contributed by atoms with Crippen LogP contribution in [-0.4, -0.2) is 12.1 Å². The van der Waals surface area contributed by atoms with E-state index in [9.17, 15) is 0 Å². The van der Waals surface area contributed by atoms with Gasteiger partial charge in [0.1, 0.15) is 5.75 Å². The second kappa shape index (κ2) is 3.36. The Bertz CT molecular complexity index is 320. The SMILES string of the molecule is COc1c(C)cnc2c1CCCC2. The van der Waals surface area contributed by atoms with Crippen LogP contribution in [0.1, 0.15) is 29.7 Å². The standard InChI is InChI=1S/C11H15NO/c1-8-7-12-10-6-4-3-5-9(10)11(8)13-2/h7H,3-6H2,1-2H3. The maximum Gasteiger partial charge on any atom is 0.128 e. The van der Waals surface area contributed by atoms with Crippen LogP contribution in [0.3, 0.4) is 0 Å². The number of aryl methyl sites for hydroxylation is 2. The molecular weight excluding hydrogens is 162 g/mol. The van der Waals surface area contributed by atoms with E-state index in [1.807, 2.05) is 6.20 Å². The molecule has 1 aromatic rings. The van der Waals surface area contributed by atoms with Crippen LogP contribution in [0, 0.1) is 6.92 Å². The summed E-state index contributed by atoms with van der Waals surface area (Å²) in [7, 11) is 1.75. The van der Waals surface area contributed by atoms with Gasteiger partial charge in [-0.05, 0) is 32.6 Å². The molecule has 1 aliphatic rings. The highest BCUT2D eigenvalue weighted by Gasteiger charge is 2.16. The number of fused-ring (bicyclic) bond motifs is 1. The lowest BCUT2D eigenvalue weighted by Crippen LogP contribution is -2.08. The molecule has 70 valence electrons. The molecule has 0 unspecified atom stereocenters. The molecule has 0 aliphatic heterocycles. The monoisotopic (exact) mass is 177 g/mol. The van der Waals surface area contributed by atoms with Gasteiger partial charge >= 0.3 is 0 Å². The molecule has 0 atom stereocenters. The molecule has 0 saturated heterocycles. The lowest BCUT2D eigenvalue weighted by atomic mass is 9.94. The minimum atomic E-state index is 1.06. The Balaban J connectivity index is 2.52. The average molecular weight is 177 g/mol. The fourth-order valence-electron chi connectivity index (χ4n) is 2.03. The molecule has 0 amide bonds. The van der Waals surface area contributed by atoms with Crippen molar-refractivity contribution >= 4 is 0 Å². The lowest BCUT2D eigenvalue weighted by Gasteiger charge is -2.18. The number of hydrogen-bond donors (Lipinski definition) is 0. The van der Waals surface area contributed by atoms with Crippen LogP contribution >= 0.6 is 0 Å². The summed E-state index contributed by atoms with van der Waals surface area (Å²) in [6, 6.07) is 0. The first kappa shape index (κ1) is 8.54. The van der Waals surface area contributed by atoms with E-state index >= 15 is 0 Å². The van der Waals surface area contributed by atoms with E-state index < -0.39 is 0 Å². The first-order chi connectivity index (χ1) is 6.33. The number of rotatable bonds is 1. The fraction of sp³-hybridized carbons (Fsp3) is 0.545. The van der Waals surface area contributed by atoms with Crippen LogP contribution in [-0.2, 0) is 12.8 Å². The predicted molar refractivity (Wildman–Crippen MR) is 52.2 cm³/mol. The Morgan fingerprint density at radius 2 is 2.08 bits per heavy atom. The van der Waals surface area contributed by atoms with E-state index in [1.165, 1.54) is 24.1 Å². The first-order valence-electron chi connectivity index (χ1n) is 4.84. The van der Waals surface area contributed by atoms with Crippen LogP contribution in [0.25, 0.3) is 0 Å². The molecule has 2 rings (SSSR count). The van der Waals surface area contributed by atoms with Crippen LogP contribution in [0.5, 0.6) is 5.75 Å². The third kappa shape index (κ3) is 1.41. The molecule has 13 heavy (non-hydrogen) atoms. The predicted octanol–water partition coefficient (Wildman–Crippen LogP) is 2.28. The van der Waals surface area contributed by atoms with Gasteiger partial charge in [-0.3, -0.25) is 4.98 Å². The van der Waals surface area contributed by atoms with Gasteiger partial charge in [0.05, 0.1) is 7.11 Å². The van der Waals surface area contributed by atoms with Crippen molar-refractivity contribution in [1.29, 1.82) is 0 Å². The van der Waals surface area contributed by atoms with Gasteiger partial charge in [0.25, 0.3) is 0 Å². The third-order valence-electron chi connectivity index (χ3n) is 2.69. The van der Waals surface area contributed by atoms with Gasteiger partial charge in [-0.15, -0.1) is 0 Å². The van der Waals surface area contributed by atoms with Crippen molar-refractivity contribution in [3.8, 4) is 5.75 Å². The highest BCUT2D eigenvalue weighted by molar-refractivity contribution is 5.43. The van der Waals surface area contributed by atoms with Gasteiger partial charge in [0, 0.05) is 23.0 Å². The van der Waals surface area contributed by atoms with Crippen molar-refractivity contribution in [1.82, 2.24) is 4.98 Å². The van der Waals surface area contributed by atoms with Crippen molar-refractivity contribution < 1.29 is 4.74 Å². The molecule has 0 radical (unpaired) electrons. The molecule has 0 N–H and O–H groups in total. The smallest absolute Gasteiger partial charge is 0.128 e. The first-order valence-corrected chi connectivity index (χ1v) is 4.84. The van der Waals surface area contributed by atoms with Gasteiger partial charge in [-0.1, -0.05) is 0 Å². The molecule has 0 aromatic carbocycles. The topological polar surface area (TPSA) is 22.1 Å². The molecule has 0 fully saturated rings. The summed E-state index contributed by atoms with van der Waals surface area (Å²) in [6.07, 6.45) is 6.71. The summed E-state index contributed by atoms with van der Waals surface area (Å²) in [5.74, 6) is 1.06. The minimum absolute atomic E-state index is 1.06. The normalized spacial score (nSPS) is 15.2. The zero-order valence-electron chi connectivity index (χ0n) is 8.26. The van der Waals surface area contributed by atoms with Gasteiger partial charge < -0.3 is 4.74 Å². The van der Waals surface area contributed by atoms with Crippen molar-refractivity contribution in [2.24, 2.45) is 0 Å². The number of nitrogens with zero attached hydrogens (tertiary/aromatic N) is 1. The molecule has 0 bridgehead atoms. The molecule has 0 saturated carbocycles. The third-order valence-corrected chi connectivity index (χ3v) is 2.69. The summed E-state index contributed by atoms with van der Waals surface area (Å²) in [5, 5.41) is 0. The molecule has 1 aromatic heterocycles. The van der Waals surface area contributed by atoms with Gasteiger partial charge in [-0.2, -0.15) is 0 Å². The van der Waals surface area contributed by atoms with Crippen molar-refractivity contribution in [3.05, 3.63) is 23.0 Å². The number of aromatic nitrogens is 1. The molecular formula is C11H15NO. The minimum Gasteiger partial charge on any atom is -0.496 e. The van der Waals surface area contributed by atoms with E-state index in [2.05, 4.69) is 11.9 Å². The Morgan fingerprint density at radius 1 is 1.31 bits per heavy atom. The van der Waals surface area contributed by atoms with Gasteiger partial charge in [0.2, 0.25) is 0 Å². The Kier molecular flexibility index (Phi) is 2.21. The fourth-order valence-corrected chi connectivity index (χ4v) is 2.03. The Labute approximate surface area is 78.9 Å². The molecule has 1 heterocycles. The molecule has 0 spiro atoms. The molecule has 2 nitrogen and oxygen atoms in total. The maximum absolute atomic E-state index is 5.40. The summed E-state index contributed by atoms with van der Waals surface area (Å²) < 4.78 is 5.40. The number of hydrogen-bond acceptors (Lipinski definition) is 2. The lowest BCUT2D eigenvalue weighted by molar-refractivity contribution is 0.401. The van der Waals surface area contributed by atoms with Crippen LogP contribution < -0.4 is 4.74 Å². The van der Waals surface area contributed by atoms with Crippen LogP contribution in [0.4, 0.5) is 0 Å². The molecule has 2 heteroatoms. The summed E-state index contributed by atoms with van der Waals surface area (Å²) in [6.45, 7) is 2.06. The Morgan fingerprint density at radius 3 is 2.85 bits per heavy atom. The highest BCUT2D eigenvalue weighted by Crippen LogP contribution is 2.30. The van der Waals surface area contributed by atoms with Crippen LogP contribution in [0.2, 0.25) is 0 Å². The summed E-state index contributed by atoms with van der Waals surface area (Å²) in [5.41, 5.74) is 3.74. The highest BCUT2D eigenvalue weighted by atomic mass is 16.5. The largest absolute Gasteiger partial charge is 0.496 e. The van der Waals surface area contributed by atoms with Gasteiger partial charge in [-0.25, -0.2) is 0 Å². The van der Waals surface area contributed by atoms with Crippen molar-refractivity contribution in [3.63, 3.8) is 0 Å². The number of ether oxygens (including phenoxy) is 1. The quantitative estimate of drug-likeness (QED) is 0.656. The van der Waals surface area contributed by atoms with Crippen molar-refractivity contribution in [2.75, 3.05) is 7.11 Å². The zero-order chi connectivity index (χ0) is 9.26. The number of methoxy groups -OCH3 is 1. The Hall–Kier alpha value is -1.05. The van der Waals surface area contributed by atoms with Crippen molar-refractivity contribution in [2.45, 2.75) is 32.6 Å². The summed E-state index contributed by atoms with van der Waals surface area (Å²) >= 11 is 0. The second-order valence-electron chi connectivity index (χ2n) is 3.61. The van der Waals surface area contributed by atoms with Gasteiger partial charge in [0.15, 0.2) is 0 Å². The maximum atomic E-state index is 5.40. The van der Waals surface area contributed by atoms with E-state index in [0.29, 0.717) is 0 Å². The molecule has 1 aliphatic carbocycles. The van der Waals surface area contributed by atoms with E-state index in [-0.39, 0.29) is 0 Å². The van der Waals surface area contributed by atoms with Crippen LogP contribution in [0.15, 0.2) is 6.20 Å². The van der Waals surface area contributed by atoms with E-state index in [1.54, 1.807) is 7.11 Å². The van der Waals surface area contributed by atoms with E-state index in [4.69, 9.17) is 4.74 Å². The average Bonchev–Trinajstić information content (AvgIpc) is 2.18. The number of pyridine rings is 1. The second-order valence-corrected chi connectivity index (χ2v) is 3.61.